The highest BCUT2D eigenvalue weighted by atomic mass is 79.9. The van der Waals surface area contributed by atoms with Crippen molar-refractivity contribution >= 4 is 33.3 Å². The summed E-state index contributed by atoms with van der Waals surface area (Å²) in [5.41, 5.74) is 1.96. The minimum absolute atomic E-state index is 0.105. The number of carbonyl (C=O) groups is 1. The number of benzene rings is 1. The Hall–Kier alpha value is -1.13. The highest BCUT2D eigenvalue weighted by Gasteiger charge is 2.21. The highest BCUT2D eigenvalue weighted by Crippen LogP contribution is 2.26. The number of nitrogens with zero attached hydrogens (tertiary/aromatic N) is 2. The number of carbonyl (C=O) groups excluding carboxylic acids is 1. The number of rotatable bonds is 4. The standard InChI is InChI=1S/C14H14BrClN2O/c1-3-7-18-13(11(15)8-17-18)14(19)10-6-4-5-9(2)12(10)16/h4-6,8H,3,7H2,1-2H3. The molecule has 2 rings (SSSR count). The molecule has 1 aromatic heterocycles. The fraction of sp³-hybridized carbons (Fsp3) is 0.286. The van der Waals surface area contributed by atoms with Crippen molar-refractivity contribution in [2.45, 2.75) is 26.8 Å². The van der Waals surface area contributed by atoms with Crippen LogP contribution in [0.3, 0.4) is 0 Å². The summed E-state index contributed by atoms with van der Waals surface area (Å²) in [5, 5.41) is 4.71. The van der Waals surface area contributed by atoms with Crippen molar-refractivity contribution in [1.82, 2.24) is 9.78 Å². The van der Waals surface area contributed by atoms with E-state index in [0.29, 0.717) is 27.3 Å². The first kappa shape index (κ1) is 14.3. The van der Waals surface area contributed by atoms with Gasteiger partial charge < -0.3 is 0 Å². The lowest BCUT2D eigenvalue weighted by atomic mass is 10.1. The summed E-state index contributed by atoms with van der Waals surface area (Å²) >= 11 is 9.60. The lowest BCUT2D eigenvalue weighted by Crippen LogP contribution is -2.12. The van der Waals surface area contributed by atoms with Crippen molar-refractivity contribution in [1.29, 1.82) is 0 Å². The van der Waals surface area contributed by atoms with Gasteiger partial charge in [-0.15, -0.1) is 0 Å². The maximum Gasteiger partial charge on any atom is 0.213 e. The van der Waals surface area contributed by atoms with Gasteiger partial charge in [-0.2, -0.15) is 5.10 Å². The van der Waals surface area contributed by atoms with Crippen LogP contribution in [-0.2, 0) is 6.54 Å². The first-order valence-electron chi connectivity index (χ1n) is 6.07. The van der Waals surface area contributed by atoms with Crippen molar-refractivity contribution in [3.8, 4) is 0 Å². The first-order chi connectivity index (χ1) is 9.06. The second kappa shape index (κ2) is 5.88. The molecule has 1 heterocycles. The topological polar surface area (TPSA) is 34.9 Å². The van der Waals surface area contributed by atoms with Gasteiger partial charge in [0.05, 0.1) is 15.7 Å². The zero-order valence-electron chi connectivity index (χ0n) is 10.8. The Bertz CT molecular complexity index is 622. The van der Waals surface area contributed by atoms with Gasteiger partial charge in [0.15, 0.2) is 0 Å². The molecule has 0 aliphatic heterocycles. The Morgan fingerprint density at radius 3 is 2.89 bits per heavy atom. The van der Waals surface area contributed by atoms with Crippen LogP contribution in [0, 0.1) is 6.92 Å². The van der Waals surface area contributed by atoms with Crippen LogP contribution in [0.1, 0.15) is 35.0 Å². The van der Waals surface area contributed by atoms with Gasteiger partial charge in [-0.3, -0.25) is 9.48 Å². The fourth-order valence-electron chi connectivity index (χ4n) is 1.92. The molecule has 0 radical (unpaired) electrons. The van der Waals surface area contributed by atoms with E-state index in [2.05, 4.69) is 21.0 Å². The molecule has 3 nitrogen and oxygen atoms in total. The number of hydrogen-bond donors (Lipinski definition) is 0. The van der Waals surface area contributed by atoms with Gasteiger partial charge in [-0.1, -0.05) is 30.7 Å². The molecule has 0 spiro atoms. The van der Waals surface area contributed by atoms with Crippen LogP contribution in [0.5, 0.6) is 0 Å². The molecule has 0 aliphatic rings. The maximum atomic E-state index is 12.6. The fourth-order valence-corrected chi connectivity index (χ4v) is 2.61. The zero-order valence-corrected chi connectivity index (χ0v) is 13.1. The van der Waals surface area contributed by atoms with E-state index in [9.17, 15) is 4.79 Å². The summed E-state index contributed by atoms with van der Waals surface area (Å²) in [7, 11) is 0. The van der Waals surface area contributed by atoms with Crippen LogP contribution >= 0.6 is 27.5 Å². The monoisotopic (exact) mass is 340 g/mol. The molecule has 5 heteroatoms. The number of aryl methyl sites for hydroxylation is 2. The van der Waals surface area contributed by atoms with E-state index in [1.54, 1.807) is 16.9 Å². The van der Waals surface area contributed by atoms with Crippen molar-refractivity contribution in [3.05, 3.63) is 50.7 Å². The first-order valence-corrected chi connectivity index (χ1v) is 7.24. The SMILES string of the molecule is CCCn1ncc(Br)c1C(=O)c1cccc(C)c1Cl. The minimum atomic E-state index is -0.105. The Labute approximate surface area is 125 Å². The molecule has 0 amide bonds. The largest absolute Gasteiger partial charge is 0.287 e. The molecule has 100 valence electrons. The third-order valence-corrected chi connectivity index (χ3v) is 3.96. The van der Waals surface area contributed by atoms with Gasteiger partial charge in [-0.05, 0) is 40.9 Å². The van der Waals surface area contributed by atoms with E-state index in [1.807, 2.05) is 26.0 Å². The second-order valence-corrected chi connectivity index (χ2v) is 5.56. The van der Waals surface area contributed by atoms with Gasteiger partial charge in [0.2, 0.25) is 5.78 Å². The van der Waals surface area contributed by atoms with Crippen LogP contribution < -0.4 is 0 Å². The summed E-state index contributed by atoms with van der Waals surface area (Å²) in [6.45, 7) is 4.64. The van der Waals surface area contributed by atoms with Crippen molar-refractivity contribution < 1.29 is 4.79 Å². The quantitative estimate of drug-likeness (QED) is 0.779. The Morgan fingerprint density at radius 1 is 1.47 bits per heavy atom. The molecule has 0 saturated carbocycles. The predicted octanol–water partition coefficient (Wildman–Crippen LogP) is 4.25. The third-order valence-electron chi connectivity index (χ3n) is 2.88. The van der Waals surface area contributed by atoms with Gasteiger partial charge in [-0.25, -0.2) is 0 Å². The van der Waals surface area contributed by atoms with E-state index in [1.165, 1.54) is 0 Å². The van der Waals surface area contributed by atoms with Crippen LogP contribution in [0.25, 0.3) is 0 Å². The molecule has 0 saturated heterocycles. The van der Waals surface area contributed by atoms with Crippen LogP contribution in [0.4, 0.5) is 0 Å². The molecule has 1 aromatic carbocycles. The highest BCUT2D eigenvalue weighted by molar-refractivity contribution is 9.10. The molecule has 0 N–H and O–H groups in total. The molecule has 19 heavy (non-hydrogen) atoms. The molecule has 2 aromatic rings. The van der Waals surface area contributed by atoms with Gasteiger partial charge in [0.25, 0.3) is 0 Å². The average Bonchev–Trinajstić information content (AvgIpc) is 2.74. The van der Waals surface area contributed by atoms with E-state index >= 15 is 0 Å². The van der Waals surface area contributed by atoms with E-state index in [4.69, 9.17) is 11.6 Å². The van der Waals surface area contributed by atoms with E-state index in [0.717, 1.165) is 12.0 Å². The molecule has 0 atom stereocenters. The molecule has 0 aliphatic carbocycles. The maximum absolute atomic E-state index is 12.6. The summed E-state index contributed by atoms with van der Waals surface area (Å²) in [6, 6.07) is 5.47. The van der Waals surface area contributed by atoms with Crippen LogP contribution in [0.2, 0.25) is 5.02 Å². The van der Waals surface area contributed by atoms with Crippen LogP contribution in [0.15, 0.2) is 28.9 Å². The van der Waals surface area contributed by atoms with Crippen LogP contribution in [-0.4, -0.2) is 15.6 Å². The summed E-state index contributed by atoms with van der Waals surface area (Å²) in [5.74, 6) is -0.105. The Kier molecular flexibility index (Phi) is 4.42. The lowest BCUT2D eigenvalue weighted by molar-refractivity contribution is 0.102. The number of ketones is 1. The van der Waals surface area contributed by atoms with Crippen molar-refractivity contribution in [2.75, 3.05) is 0 Å². The molecular weight excluding hydrogens is 328 g/mol. The second-order valence-electron chi connectivity index (χ2n) is 4.33. The normalized spacial score (nSPS) is 10.7. The smallest absolute Gasteiger partial charge is 0.213 e. The molecule has 0 bridgehead atoms. The molecule has 0 fully saturated rings. The van der Waals surface area contributed by atoms with Crippen molar-refractivity contribution in [2.24, 2.45) is 0 Å². The Balaban J connectivity index is 2.50. The van der Waals surface area contributed by atoms with E-state index in [-0.39, 0.29) is 5.78 Å². The predicted molar refractivity (Wildman–Crippen MR) is 79.8 cm³/mol. The molecular formula is C14H14BrClN2O. The Morgan fingerprint density at radius 2 is 2.21 bits per heavy atom. The summed E-state index contributed by atoms with van der Waals surface area (Å²) < 4.78 is 2.41. The average molecular weight is 342 g/mol. The number of aromatic nitrogens is 2. The minimum Gasteiger partial charge on any atom is -0.287 e. The summed E-state index contributed by atoms with van der Waals surface area (Å²) in [4.78, 5) is 12.6. The third kappa shape index (κ3) is 2.74. The van der Waals surface area contributed by atoms with Gasteiger partial charge >= 0.3 is 0 Å². The van der Waals surface area contributed by atoms with Gasteiger partial charge in [0, 0.05) is 12.1 Å². The van der Waals surface area contributed by atoms with E-state index < -0.39 is 0 Å². The number of halogens is 2. The zero-order chi connectivity index (χ0) is 14.0. The van der Waals surface area contributed by atoms with Gasteiger partial charge in [0.1, 0.15) is 5.69 Å². The molecule has 0 unspecified atom stereocenters. The lowest BCUT2D eigenvalue weighted by Gasteiger charge is -2.08. The van der Waals surface area contributed by atoms with Crippen molar-refractivity contribution in [3.63, 3.8) is 0 Å². The number of hydrogen-bond acceptors (Lipinski definition) is 2. The summed E-state index contributed by atoms with van der Waals surface area (Å²) in [6.07, 6.45) is 2.56.